The van der Waals surface area contributed by atoms with E-state index in [4.69, 9.17) is 4.74 Å². The van der Waals surface area contributed by atoms with Crippen molar-refractivity contribution >= 4 is 11.9 Å². The summed E-state index contributed by atoms with van der Waals surface area (Å²) in [5.41, 5.74) is -1.73. The molecule has 0 spiro atoms. The van der Waals surface area contributed by atoms with Crippen molar-refractivity contribution in [3.05, 3.63) is 24.3 Å². The first kappa shape index (κ1) is 19.3. The molecule has 0 fully saturated rings. The Morgan fingerprint density at radius 2 is 1.48 bits per heavy atom. The summed E-state index contributed by atoms with van der Waals surface area (Å²) < 4.78 is 9.71. The van der Waals surface area contributed by atoms with Crippen LogP contribution in [0.2, 0.25) is 0 Å². The maximum absolute atomic E-state index is 11.7. The van der Waals surface area contributed by atoms with Gasteiger partial charge in [-0.15, -0.1) is 0 Å². The fourth-order valence-corrected chi connectivity index (χ4v) is 1.41. The molecule has 6 nitrogen and oxygen atoms in total. The Kier molecular flexibility index (Phi) is 6.79. The van der Waals surface area contributed by atoms with Crippen molar-refractivity contribution in [3.63, 3.8) is 0 Å². The Bertz CT molecular complexity index is 437. The molecule has 0 radical (unpaired) electrons. The van der Waals surface area contributed by atoms with Gasteiger partial charge >= 0.3 is 17.9 Å². The summed E-state index contributed by atoms with van der Waals surface area (Å²) in [5.74, 6) is -4.76. The van der Waals surface area contributed by atoms with Gasteiger partial charge in [-0.25, -0.2) is 9.59 Å². The smallest absolute Gasteiger partial charge is 0.366 e. The van der Waals surface area contributed by atoms with Crippen molar-refractivity contribution in [1.29, 1.82) is 0 Å². The minimum Gasteiger partial charge on any atom is -0.446 e. The van der Waals surface area contributed by atoms with E-state index in [0.29, 0.717) is 6.42 Å². The lowest BCUT2D eigenvalue weighted by Crippen LogP contribution is -2.57. The number of hydrogen-bond acceptors (Lipinski definition) is 6. The second-order valence-electron chi connectivity index (χ2n) is 5.28. The number of hydrogen-bond donors (Lipinski definition) is 2. The van der Waals surface area contributed by atoms with Gasteiger partial charge in [-0.1, -0.05) is 26.5 Å². The van der Waals surface area contributed by atoms with Gasteiger partial charge in [-0.05, 0) is 33.6 Å². The zero-order valence-electron chi connectivity index (χ0n) is 13.1. The van der Waals surface area contributed by atoms with E-state index in [1.807, 2.05) is 6.92 Å². The van der Waals surface area contributed by atoms with Gasteiger partial charge in [0.15, 0.2) is 0 Å². The van der Waals surface area contributed by atoms with E-state index in [-0.39, 0.29) is 17.6 Å². The molecule has 0 amide bonds. The maximum Gasteiger partial charge on any atom is 0.366 e. The van der Waals surface area contributed by atoms with Crippen LogP contribution < -0.4 is 0 Å². The standard InChI is InChI=1S/C15H24O6/c1-7-8-9-14(6,20-12(16)10(2)3)15(18,19)21-13(17)11(4)5/h18-19H,2,4,7-9H2,1,3,5-6H3. The van der Waals surface area contributed by atoms with Crippen molar-refractivity contribution in [3.8, 4) is 0 Å². The molecule has 0 bridgehead atoms. The highest BCUT2D eigenvalue weighted by Gasteiger charge is 2.53. The molecular formula is C15H24O6. The van der Waals surface area contributed by atoms with E-state index in [1.165, 1.54) is 20.8 Å². The van der Waals surface area contributed by atoms with Gasteiger partial charge in [-0.2, -0.15) is 0 Å². The van der Waals surface area contributed by atoms with Crippen molar-refractivity contribution in [2.45, 2.75) is 58.5 Å². The predicted molar refractivity (Wildman–Crippen MR) is 76.9 cm³/mol. The highest BCUT2D eigenvalue weighted by Crippen LogP contribution is 2.32. The highest BCUT2D eigenvalue weighted by molar-refractivity contribution is 5.88. The van der Waals surface area contributed by atoms with Crippen LogP contribution in [-0.4, -0.2) is 33.7 Å². The second-order valence-corrected chi connectivity index (χ2v) is 5.28. The molecule has 0 aliphatic heterocycles. The fraction of sp³-hybridized carbons (Fsp3) is 0.600. The summed E-state index contributed by atoms with van der Waals surface area (Å²) in [6, 6.07) is 0. The summed E-state index contributed by atoms with van der Waals surface area (Å²) in [4.78, 5) is 23.2. The van der Waals surface area contributed by atoms with Crippen molar-refractivity contribution in [1.82, 2.24) is 0 Å². The van der Waals surface area contributed by atoms with E-state index in [0.717, 1.165) is 6.42 Å². The van der Waals surface area contributed by atoms with Crippen LogP contribution >= 0.6 is 0 Å². The Morgan fingerprint density at radius 1 is 1.05 bits per heavy atom. The Balaban J connectivity index is 5.34. The molecule has 0 aromatic heterocycles. The quantitative estimate of drug-likeness (QED) is 0.403. The first-order chi connectivity index (χ1) is 9.47. The third-order valence-corrected chi connectivity index (χ3v) is 2.95. The van der Waals surface area contributed by atoms with Gasteiger partial charge in [0.2, 0.25) is 5.60 Å². The third-order valence-electron chi connectivity index (χ3n) is 2.95. The molecule has 0 aliphatic rings. The SMILES string of the molecule is C=C(C)C(=O)OC(O)(O)C(C)(CCCC)OC(=O)C(=C)C. The van der Waals surface area contributed by atoms with Crippen LogP contribution in [0.3, 0.4) is 0 Å². The normalized spacial score (nSPS) is 14.0. The van der Waals surface area contributed by atoms with Crippen LogP contribution in [0, 0.1) is 0 Å². The third kappa shape index (κ3) is 5.32. The second kappa shape index (κ2) is 7.38. The van der Waals surface area contributed by atoms with Crippen molar-refractivity contribution < 1.29 is 29.3 Å². The van der Waals surface area contributed by atoms with Crippen LogP contribution in [0.1, 0.15) is 47.0 Å². The number of aliphatic hydroxyl groups is 2. The van der Waals surface area contributed by atoms with Crippen molar-refractivity contribution in [2.24, 2.45) is 0 Å². The maximum atomic E-state index is 11.7. The van der Waals surface area contributed by atoms with E-state index in [1.54, 1.807) is 0 Å². The van der Waals surface area contributed by atoms with Crippen LogP contribution in [-0.2, 0) is 19.1 Å². The van der Waals surface area contributed by atoms with Gasteiger partial charge in [-0.3, -0.25) is 0 Å². The van der Waals surface area contributed by atoms with Crippen LogP contribution in [0.5, 0.6) is 0 Å². The first-order valence-corrected chi connectivity index (χ1v) is 6.69. The minimum absolute atomic E-state index is 0.00783. The molecule has 120 valence electrons. The molecule has 6 heteroatoms. The molecule has 0 heterocycles. The zero-order valence-corrected chi connectivity index (χ0v) is 13.1. The van der Waals surface area contributed by atoms with Crippen LogP contribution in [0.4, 0.5) is 0 Å². The van der Waals surface area contributed by atoms with Crippen LogP contribution in [0.15, 0.2) is 24.3 Å². The minimum atomic E-state index is -2.97. The number of esters is 2. The van der Waals surface area contributed by atoms with E-state index < -0.39 is 23.5 Å². The topological polar surface area (TPSA) is 93.1 Å². The largest absolute Gasteiger partial charge is 0.446 e. The molecule has 1 unspecified atom stereocenters. The average molecular weight is 300 g/mol. The Morgan fingerprint density at radius 3 is 1.86 bits per heavy atom. The first-order valence-electron chi connectivity index (χ1n) is 6.69. The molecule has 0 aliphatic carbocycles. The number of carbonyl (C=O) groups excluding carboxylic acids is 2. The average Bonchev–Trinajstić information content (AvgIpc) is 2.35. The molecule has 0 aromatic rings. The molecule has 0 aromatic carbocycles. The lowest BCUT2D eigenvalue weighted by Gasteiger charge is -2.38. The summed E-state index contributed by atoms with van der Waals surface area (Å²) >= 11 is 0. The lowest BCUT2D eigenvalue weighted by atomic mass is 9.95. The van der Waals surface area contributed by atoms with E-state index in [9.17, 15) is 19.8 Å². The van der Waals surface area contributed by atoms with E-state index in [2.05, 4.69) is 17.9 Å². The Labute approximate surface area is 125 Å². The van der Waals surface area contributed by atoms with Gasteiger partial charge in [0.1, 0.15) is 0 Å². The number of ether oxygens (including phenoxy) is 2. The van der Waals surface area contributed by atoms with Crippen LogP contribution in [0.25, 0.3) is 0 Å². The van der Waals surface area contributed by atoms with Gasteiger partial charge in [0.05, 0.1) is 0 Å². The van der Waals surface area contributed by atoms with Crippen molar-refractivity contribution in [2.75, 3.05) is 0 Å². The monoisotopic (exact) mass is 300 g/mol. The number of carbonyl (C=O) groups is 2. The molecular weight excluding hydrogens is 276 g/mol. The van der Waals surface area contributed by atoms with Gasteiger partial charge < -0.3 is 19.7 Å². The van der Waals surface area contributed by atoms with Gasteiger partial charge in [0.25, 0.3) is 0 Å². The molecule has 2 N–H and O–H groups in total. The summed E-state index contributed by atoms with van der Waals surface area (Å²) in [5, 5.41) is 20.1. The number of rotatable bonds is 8. The summed E-state index contributed by atoms with van der Waals surface area (Å²) in [7, 11) is 0. The summed E-state index contributed by atoms with van der Waals surface area (Å²) in [6.45, 7) is 12.8. The lowest BCUT2D eigenvalue weighted by molar-refractivity contribution is -0.388. The fourth-order valence-electron chi connectivity index (χ4n) is 1.41. The molecule has 1 atom stereocenters. The highest BCUT2D eigenvalue weighted by atomic mass is 16.8. The molecule has 0 saturated heterocycles. The Hall–Kier alpha value is -1.66. The summed E-state index contributed by atoms with van der Waals surface area (Å²) in [6.07, 6.45) is 1.36. The molecule has 0 saturated carbocycles. The number of unbranched alkanes of at least 4 members (excludes halogenated alkanes) is 1. The van der Waals surface area contributed by atoms with Gasteiger partial charge in [0, 0.05) is 11.1 Å². The molecule has 0 rings (SSSR count). The van der Waals surface area contributed by atoms with E-state index >= 15 is 0 Å². The molecule has 21 heavy (non-hydrogen) atoms. The zero-order chi connectivity index (χ0) is 16.8. The predicted octanol–water partition coefficient (Wildman–Crippen LogP) is 1.81.